The maximum absolute atomic E-state index is 11.7. The Kier molecular flexibility index (Phi) is 16.4. The second-order valence-electron chi connectivity index (χ2n) is 8.82. The molecule has 0 aromatic carbocycles. The van der Waals surface area contributed by atoms with Crippen molar-refractivity contribution in [2.45, 2.75) is 110 Å². The fourth-order valence-electron chi connectivity index (χ4n) is 3.30. The van der Waals surface area contributed by atoms with Gasteiger partial charge in [-0.1, -0.05) is 58.3 Å². The van der Waals surface area contributed by atoms with Gasteiger partial charge in [-0.15, -0.1) is 0 Å². The Morgan fingerprint density at radius 1 is 0.786 bits per heavy atom. The van der Waals surface area contributed by atoms with Crippen molar-refractivity contribution in [3.63, 3.8) is 0 Å². The van der Waals surface area contributed by atoms with Crippen molar-refractivity contribution in [2.24, 2.45) is 0 Å². The summed E-state index contributed by atoms with van der Waals surface area (Å²) in [4.78, 5) is 21.6. The van der Waals surface area contributed by atoms with E-state index in [0.717, 1.165) is 25.3 Å². The molecule has 0 aromatic rings. The van der Waals surface area contributed by atoms with Crippen molar-refractivity contribution in [1.82, 2.24) is 0 Å². The van der Waals surface area contributed by atoms with Crippen LogP contribution in [-0.2, 0) is 18.4 Å². The van der Waals surface area contributed by atoms with Crippen molar-refractivity contribution in [3.05, 3.63) is 0 Å². The van der Waals surface area contributed by atoms with Gasteiger partial charge in [0.2, 0.25) is 0 Å². The van der Waals surface area contributed by atoms with E-state index in [1.807, 2.05) is 0 Å². The molecule has 28 heavy (non-hydrogen) atoms. The van der Waals surface area contributed by atoms with Crippen LogP contribution in [0.15, 0.2) is 0 Å². The standard InChI is InChI=1S/C21H46O5Si2/c1-6-7-8-9-10-11-12-13-14-16-21(22)25-19-18-24-17-15-20-27(2,3)26-28(4,5)23/h23H,6-20H2,1-5H3. The molecule has 0 unspecified atom stereocenters. The molecule has 168 valence electrons. The van der Waals surface area contributed by atoms with Crippen LogP contribution < -0.4 is 0 Å². The van der Waals surface area contributed by atoms with E-state index in [9.17, 15) is 9.59 Å². The number of hydrogen-bond donors (Lipinski definition) is 1. The summed E-state index contributed by atoms with van der Waals surface area (Å²) in [6.07, 6.45) is 12.7. The van der Waals surface area contributed by atoms with Gasteiger partial charge in [0.1, 0.15) is 6.61 Å². The van der Waals surface area contributed by atoms with E-state index < -0.39 is 16.9 Å². The summed E-state index contributed by atoms with van der Waals surface area (Å²) in [7, 11) is -4.26. The van der Waals surface area contributed by atoms with E-state index >= 15 is 0 Å². The molecule has 0 rings (SSSR count). The van der Waals surface area contributed by atoms with Gasteiger partial charge in [0, 0.05) is 13.0 Å². The van der Waals surface area contributed by atoms with Crippen molar-refractivity contribution < 1.29 is 23.2 Å². The molecule has 0 bridgehead atoms. The first kappa shape index (κ1) is 27.8. The molecule has 1 N–H and O–H groups in total. The lowest BCUT2D eigenvalue weighted by molar-refractivity contribution is -0.145. The van der Waals surface area contributed by atoms with E-state index in [0.29, 0.717) is 26.2 Å². The van der Waals surface area contributed by atoms with Crippen LogP contribution in [0.4, 0.5) is 0 Å². The molecular formula is C21H46O5Si2. The molecule has 5 nitrogen and oxygen atoms in total. The Hall–Kier alpha value is -0.216. The first-order valence-corrected chi connectivity index (χ1v) is 17.3. The molecule has 0 saturated carbocycles. The maximum Gasteiger partial charge on any atom is 0.318 e. The van der Waals surface area contributed by atoms with Gasteiger partial charge < -0.3 is 18.4 Å². The zero-order valence-corrected chi connectivity index (χ0v) is 21.2. The number of hydrogen-bond acceptors (Lipinski definition) is 5. The van der Waals surface area contributed by atoms with E-state index in [2.05, 4.69) is 20.0 Å². The molecule has 0 fully saturated rings. The molecule has 0 spiro atoms. The van der Waals surface area contributed by atoms with Crippen LogP contribution in [0, 0.1) is 0 Å². The lowest BCUT2D eigenvalue weighted by Gasteiger charge is -2.29. The smallest absolute Gasteiger partial charge is 0.318 e. The Morgan fingerprint density at radius 2 is 1.36 bits per heavy atom. The van der Waals surface area contributed by atoms with Crippen LogP contribution in [0.5, 0.6) is 0 Å². The van der Waals surface area contributed by atoms with Crippen molar-refractivity contribution in [3.8, 4) is 0 Å². The highest BCUT2D eigenvalue weighted by molar-refractivity contribution is 6.81. The van der Waals surface area contributed by atoms with Gasteiger partial charge >= 0.3 is 14.5 Å². The fourth-order valence-corrected chi connectivity index (χ4v) is 10.1. The Morgan fingerprint density at radius 3 is 1.93 bits per heavy atom. The number of carbonyl (C=O) groups is 1. The van der Waals surface area contributed by atoms with Gasteiger partial charge in [-0.25, -0.2) is 0 Å². The molecule has 0 radical (unpaired) electrons. The normalized spacial score (nSPS) is 12.4. The first-order valence-electron chi connectivity index (χ1n) is 11.3. The van der Waals surface area contributed by atoms with Crippen LogP contribution >= 0.6 is 0 Å². The minimum Gasteiger partial charge on any atom is -0.463 e. The topological polar surface area (TPSA) is 65.0 Å². The minimum absolute atomic E-state index is 0.108. The SMILES string of the molecule is CCCCCCCCCCCC(=O)OCCOCCC[Si](C)(C)O[Si](C)(C)O. The maximum atomic E-state index is 11.7. The van der Waals surface area contributed by atoms with Crippen molar-refractivity contribution in [2.75, 3.05) is 19.8 Å². The largest absolute Gasteiger partial charge is 0.463 e. The Balaban J connectivity index is 3.42. The van der Waals surface area contributed by atoms with E-state index in [-0.39, 0.29) is 5.97 Å². The molecule has 0 aliphatic rings. The van der Waals surface area contributed by atoms with Gasteiger partial charge in [-0.05, 0) is 45.1 Å². The summed E-state index contributed by atoms with van der Waals surface area (Å²) in [5, 5.41) is 0. The summed E-state index contributed by atoms with van der Waals surface area (Å²) in [6.45, 7) is 11.5. The van der Waals surface area contributed by atoms with Gasteiger partial charge in [0.25, 0.3) is 0 Å². The second-order valence-corrected chi connectivity index (χ2v) is 16.6. The zero-order valence-electron chi connectivity index (χ0n) is 19.2. The third kappa shape index (κ3) is 20.5. The highest BCUT2D eigenvalue weighted by Crippen LogP contribution is 2.18. The summed E-state index contributed by atoms with van der Waals surface area (Å²) in [6, 6.07) is 0.961. The number of unbranched alkanes of at least 4 members (excludes halogenated alkanes) is 8. The van der Waals surface area contributed by atoms with E-state index in [4.69, 9.17) is 13.6 Å². The fraction of sp³-hybridized carbons (Fsp3) is 0.952. The van der Waals surface area contributed by atoms with Gasteiger partial charge in [0.15, 0.2) is 8.32 Å². The number of rotatable bonds is 19. The van der Waals surface area contributed by atoms with Gasteiger partial charge in [-0.3, -0.25) is 4.79 Å². The lowest BCUT2D eigenvalue weighted by Crippen LogP contribution is -2.44. The van der Waals surface area contributed by atoms with Crippen molar-refractivity contribution >= 4 is 22.8 Å². The van der Waals surface area contributed by atoms with Crippen LogP contribution in [0.1, 0.15) is 77.6 Å². The quantitative estimate of drug-likeness (QED) is 0.159. The van der Waals surface area contributed by atoms with Crippen LogP contribution in [-0.4, -0.2) is 47.5 Å². The highest BCUT2D eigenvalue weighted by atomic mass is 28.4. The van der Waals surface area contributed by atoms with Gasteiger partial charge in [0.05, 0.1) is 6.61 Å². The lowest BCUT2D eigenvalue weighted by atomic mass is 10.1. The van der Waals surface area contributed by atoms with Crippen molar-refractivity contribution in [1.29, 1.82) is 0 Å². The van der Waals surface area contributed by atoms with Gasteiger partial charge in [-0.2, -0.15) is 0 Å². The molecule has 0 aliphatic carbocycles. The molecule has 0 atom stereocenters. The number of ether oxygens (including phenoxy) is 2. The average molecular weight is 435 g/mol. The third-order valence-electron chi connectivity index (χ3n) is 4.57. The average Bonchev–Trinajstić information content (AvgIpc) is 2.57. The molecule has 7 heteroatoms. The first-order chi connectivity index (χ1) is 13.2. The summed E-state index contributed by atoms with van der Waals surface area (Å²) in [5.41, 5.74) is 0. The predicted octanol–water partition coefficient (Wildman–Crippen LogP) is 5.77. The van der Waals surface area contributed by atoms with E-state index in [1.165, 1.54) is 44.9 Å². The molecule has 0 saturated heterocycles. The molecule has 0 aromatic heterocycles. The predicted molar refractivity (Wildman–Crippen MR) is 121 cm³/mol. The van der Waals surface area contributed by atoms with Crippen LogP contribution in [0.3, 0.4) is 0 Å². The molecular weight excluding hydrogens is 388 g/mol. The number of carbonyl (C=O) groups excluding carboxylic acids is 1. The van der Waals surface area contributed by atoms with Crippen LogP contribution in [0.2, 0.25) is 32.2 Å². The summed E-state index contributed by atoms with van der Waals surface area (Å²) < 4.78 is 16.6. The monoisotopic (exact) mass is 434 g/mol. The third-order valence-corrected chi connectivity index (χ3v) is 10.3. The number of esters is 1. The Labute approximate surface area is 175 Å². The molecule has 0 amide bonds. The zero-order chi connectivity index (χ0) is 21.3. The second kappa shape index (κ2) is 16.6. The minimum atomic E-state index is -2.45. The molecule has 0 aliphatic heterocycles. The Bertz CT molecular complexity index is 383. The van der Waals surface area contributed by atoms with Crippen LogP contribution in [0.25, 0.3) is 0 Å². The highest BCUT2D eigenvalue weighted by Gasteiger charge is 2.31. The molecule has 0 heterocycles. The summed E-state index contributed by atoms with van der Waals surface area (Å²) >= 11 is 0. The summed E-state index contributed by atoms with van der Waals surface area (Å²) in [5.74, 6) is -0.108. The van der Waals surface area contributed by atoms with E-state index in [1.54, 1.807) is 13.1 Å².